The van der Waals surface area contributed by atoms with Gasteiger partial charge < -0.3 is 9.47 Å². The van der Waals surface area contributed by atoms with E-state index in [2.05, 4.69) is 10.5 Å². The number of rotatable bonds is 7. The van der Waals surface area contributed by atoms with Crippen molar-refractivity contribution in [3.63, 3.8) is 0 Å². The molecule has 0 saturated heterocycles. The number of benzene rings is 2. The molecule has 0 aliphatic rings. The lowest BCUT2D eigenvalue weighted by Crippen LogP contribution is -2.20. The van der Waals surface area contributed by atoms with Crippen LogP contribution in [0.25, 0.3) is 0 Å². The number of amides is 1. The van der Waals surface area contributed by atoms with E-state index in [-0.39, 0.29) is 18.4 Å². The third-order valence-corrected chi connectivity index (χ3v) is 4.31. The fraction of sp³-hybridized carbons (Fsp3) is 0.263. The highest BCUT2D eigenvalue weighted by atomic mass is 35.5. The van der Waals surface area contributed by atoms with Gasteiger partial charge in [-0.15, -0.1) is 0 Å². The van der Waals surface area contributed by atoms with Gasteiger partial charge >= 0.3 is 0 Å². The summed E-state index contributed by atoms with van der Waals surface area (Å²) in [5.74, 6) is 0.722. The lowest BCUT2D eigenvalue weighted by Gasteiger charge is -2.13. The molecule has 0 heterocycles. The molecule has 2 aromatic carbocycles. The number of methoxy groups -OCH3 is 1. The molecule has 0 bridgehead atoms. The normalized spacial score (nSPS) is 11.1. The maximum Gasteiger partial charge on any atom is 0.244 e. The second-order valence-corrected chi connectivity index (χ2v) is 7.13. The molecule has 27 heavy (non-hydrogen) atoms. The molecule has 0 saturated carbocycles. The van der Waals surface area contributed by atoms with Crippen LogP contribution in [0, 0.1) is 0 Å². The summed E-state index contributed by atoms with van der Waals surface area (Å²) in [4.78, 5) is 12.1. The van der Waals surface area contributed by atoms with Crippen molar-refractivity contribution in [1.82, 2.24) is 5.43 Å². The number of nitrogens with one attached hydrogen (secondary N) is 1. The van der Waals surface area contributed by atoms with Gasteiger partial charge in [-0.1, -0.05) is 34.8 Å². The van der Waals surface area contributed by atoms with Crippen molar-refractivity contribution in [2.75, 3.05) is 7.11 Å². The van der Waals surface area contributed by atoms with Gasteiger partial charge in [-0.05, 0) is 55.3 Å². The lowest BCUT2D eigenvalue weighted by atomic mass is 10.1. The van der Waals surface area contributed by atoms with E-state index in [0.717, 1.165) is 0 Å². The second-order valence-electron chi connectivity index (χ2n) is 5.91. The van der Waals surface area contributed by atoms with Crippen LogP contribution < -0.4 is 14.9 Å². The van der Waals surface area contributed by atoms with E-state index in [1.807, 2.05) is 13.8 Å². The highest BCUT2D eigenvalue weighted by Gasteiger charge is 2.11. The molecule has 0 atom stereocenters. The van der Waals surface area contributed by atoms with Crippen LogP contribution in [0.1, 0.15) is 25.0 Å². The summed E-state index contributed by atoms with van der Waals surface area (Å²) in [5, 5.41) is 5.14. The quantitative estimate of drug-likeness (QED) is 0.490. The van der Waals surface area contributed by atoms with Crippen LogP contribution in [0.5, 0.6) is 11.5 Å². The van der Waals surface area contributed by atoms with E-state index < -0.39 is 0 Å². The Kier molecular flexibility index (Phi) is 7.78. The first kappa shape index (κ1) is 21.4. The zero-order valence-electron chi connectivity index (χ0n) is 15.1. The first-order valence-electron chi connectivity index (χ1n) is 8.10. The average molecular weight is 430 g/mol. The van der Waals surface area contributed by atoms with Crippen molar-refractivity contribution in [3.8, 4) is 11.5 Å². The SMILES string of the molecule is COc1ccc(Cl)c(CC(=O)N/N=C/c2cc(Cl)c(OC(C)C)c(Cl)c2)c1. The number of hydrazone groups is 1. The van der Waals surface area contributed by atoms with Crippen molar-refractivity contribution in [2.24, 2.45) is 5.10 Å². The standard InChI is InChI=1S/C19H19Cl3N2O3/c1-11(2)27-19-16(21)6-12(7-17(19)22)10-23-24-18(25)9-13-8-14(26-3)4-5-15(13)20/h4-8,10-11H,9H2,1-3H3,(H,24,25)/b23-10+. The van der Waals surface area contributed by atoms with Crippen LogP contribution >= 0.6 is 34.8 Å². The third kappa shape index (κ3) is 6.31. The molecule has 144 valence electrons. The molecule has 8 heteroatoms. The summed E-state index contributed by atoms with van der Waals surface area (Å²) < 4.78 is 10.7. The van der Waals surface area contributed by atoms with Gasteiger partial charge in [-0.3, -0.25) is 4.79 Å². The molecule has 5 nitrogen and oxygen atoms in total. The average Bonchev–Trinajstić information content (AvgIpc) is 2.60. The lowest BCUT2D eigenvalue weighted by molar-refractivity contribution is -0.120. The minimum atomic E-state index is -0.321. The summed E-state index contributed by atoms with van der Waals surface area (Å²) in [6, 6.07) is 8.41. The number of nitrogens with zero attached hydrogens (tertiary/aromatic N) is 1. The Morgan fingerprint density at radius 2 is 1.81 bits per heavy atom. The molecular weight excluding hydrogens is 411 g/mol. The van der Waals surface area contributed by atoms with Crippen molar-refractivity contribution >= 4 is 46.9 Å². The smallest absolute Gasteiger partial charge is 0.244 e. The van der Waals surface area contributed by atoms with Crippen LogP contribution in [0.15, 0.2) is 35.4 Å². The predicted octanol–water partition coefficient (Wildman–Crippen LogP) is 5.14. The van der Waals surface area contributed by atoms with Gasteiger partial charge in [0.25, 0.3) is 0 Å². The van der Waals surface area contributed by atoms with Gasteiger partial charge in [0.2, 0.25) is 5.91 Å². The molecule has 0 aliphatic carbocycles. The Morgan fingerprint density at radius 1 is 1.15 bits per heavy atom. The first-order valence-corrected chi connectivity index (χ1v) is 9.23. The van der Waals surface area contributed by atoms with E-state index in [9.17, 15) is 4.79 Å². The van der Waals surface area contributed by atoms with Gasteiger partial charge in [0, 0.05) is 5.02 Å². The fourth-order valence-electron chi connectivity index (χ4n) is 2.21. The molecule has 1 N–H and O–H groups in total. The monoisotopic (exact) mass is 428 g/mol. The Labute approximate surface area is 173 Å². The molecule has 0 unspecified atom stereocenters. The van der Waals surface area contributed by atoms with E-state index >= 15 is 0 Å². The minimum Gasteiger partial charge on any atom is -0.497 e. The molecule has 0 fully saturated rings. The Hall–Kier alpha value is -1.95. The molecular formula is C19H19Cl3N2O3. The Bertz CT molecular complexity index is 831. The predicted molar refractivity (Wildman–Crippen MR) is 110 cm³/mol. The van der Waals surface area contributed by atoms with Crippen molar-refractivity contribution in [3.05, 3.63) is 56.5 Å². The number of hydrogen-bond acceptors (Lipinski definition) is 4. The number of hydrogen-bond donors (Lipinski definition) is 1. The largest absolute Gasteiger partial charge is 0.497 e. The molecule has 1 amide bonds. The number of ether oxygens (including phenoxy) is 2. The molecule has 0 aromatic heterocycles. The Balaban J connectivity index is 2.02. The van der Waals surface area contributed by atoms with Crippen LogP contribution in [0.3, 0.4) is 0 Å². The summed E-state index contributed by atoms with van der Waals surface area (Å²) in [6.07, 6.45) is 1.46. The topological polar surface area (TPSA) is 59.9 Å². The van der Waals surface area contributed by atoms with Crippen LogP contribution in [0.2, 0.25) is 15.1 Å². The molecule has 2 rings (SSSR count). The van der Waals surface area contributed by atoms with Crippen LogP contribution in [-0.4, -0.2) is 25.3 Å². The zero-order chi connectivity index (χ0) is 20.0. The van der Waals surface area contributed by atoms with Crippen molar-refractivity contribution in [1.29, 1.82) is 0 Å². The number of halogens is 3. The molecule has 0 spiro atoms. The van der Waals surface area contributed by atoms with E-state index in [1.165, 1.54) is 6.21 Å². The third-order valence-electron chi connectivity index (χ3n) is 3.38. The van der Waals surface area contributed by atoms with Gasteiger partial charge in [-0.2, -0.15) is 5.10 Å². The highest BCUT2D eigenvalue weighted by Crippen LogP contribution is 2.34. The molecule has 0 radical (unpaired) electrons. The van der Waals surface area contributed by atoms with Gasteiger partial charge in [0.1, 0.15) is 5.75 Å². The summed E-state index contributed by atoms with van der Waals surface area (Å²) >= 11 is 18.5. The summed E-state index contributed by atoms with van der Waals surface area (Å²) in [5.41, 5.74) is 3.71. The molecule has 2 aromatic rings. The van der Waals surface area contributed by atoms with E-state index in [1.54, 1.807) is 37.4 Å². The van der Waals surface area contributed by atoms with Gasteiger partial charge in [0.05, 0.1) is 35.9 Å². The van der Waals surface area contributed by atoms with E-state index in [4.69, 9.17) is 44.3 Å². The van der Waals surface area contributed by atoms with Gasteiger partial charge in [0.15, 0.2) is 5.75 Å². The zero-order valence-corrected chi connectivity index (χ0v) is 17.3. The van der Waals surface area contributed by atoms with Crippen LogP contribution in [0.4, 0.5) is 0 Å². The molecule has 0 aliphatic heterocycles. The second kappa shape index (κ2) is 9.83. The van der Waals surface area contributed by atoms with E-state index in [0.29, 0.717) is 37.7 Å². The highest BCUT2D eigenvalue weighted by molar-refractivity contribution is 6.37. The fourth-order valence-corrected chi connectivity index (χ4v) is 2.98. The van der Waals surface area contributed by atoms with Crippen molar-refractivity contribution in [2.45, 2.75) is 26.4 Å². The van der Waals surface area contributed by atoms with Gasteiger partial charge in [-0.25, -0.2) is 5.43 Å². The number of carbonyl (C=O) groups excluding carboxylic acids is 1. The first-order chi connectivity index (χ1) is 12.8. The number of carbonyl (C=O) groups is 1. The van der Waals surface area contributed by atoms with Crippen LogP contribution in [-0.2, 0) is 11.2 Å². The summed E-state index contributed by atoms with van der Waals surface area (Å²) in [7, 11) is 1.55. The maximum atomic E-state index is 12.1. The summed E-state index contributed by atoms with van der Waals surface area (Å²) in [6.45, 7) is 3.76. The Morgan fingerprint density at radius 3 is 2.41 bits per heavy atom. The minimum absolute atomic E-state index is 0.0535. The van der Waals surface area contributed by atoms with Crippen molar-refractivity contribution < 1.29 is 14.3 Å². The maximum absolute atomic E-state index is 12.1.